The van der Waals surface area contributed by atoms with Gasteiger partial charge in [-0.1, -0.05) is 6.92 Å². The SMILES string of the molecule is CCCn1nc(C)c(C(=O)N2CCN(c3ccc(O)cc3)CC2)c1C. The molecular formula is C19H26N4O2. The molecule has 1 saturated heterocycles. The first-order valence-electron chi connectivity index (χ1n) is 8.88. The lowest BCUT2D eigenvalue weighted by molar-refractivity contribution is 0.0745. The van der Waals surface area contributed by atoms with E-state index in [1.807, 2.05) is 35.6 Å². The van der Waals surface area contributed by atoms with Crippen LogP contribution < -0.4 is 4.90 Å². The molecule has 1 aromatic heterocycles. The molecular weight excluding hydrogens is 316 g/mol. The normalized spacial score (nSPS) is 14.8. The second kappa shape index (κ2) is 7.17. The van der Waals surface area contributed by atoms with Crippen molar-refractivity contribution in [1.29, 1.82) is 0 Å². The third kappa shape index (κ3) is 3.48. The van der Waals surface area contributed by atoms with Crippen LogP contribution in [0.25, 0.3) is 0 Å². The minimum absolute atomic E-state index is 0.0858. The van der Waals surface area contributed by atoms with Gasteiger partial charge in [-0.05, 0) is 44.5 Å². The van der Waals surface area contributed by atoms with Crippen LogP contribution in [0.2, 0.25) is 0 Å². The first-order valence-corrected chi connectivity index (χ1v) is 8.88. The predicted octanol–water partition coefficient (Wildman–Crippen LogP) is 2.58. The maximum Gasteiger partial charge on any atom is 0.257 e. The summed E-state index contributed by atoms with van der Waals surface area (Å²) in [6, 6.07) is 7.22. The van der Waals surface area contributed by atoms with Crippen molar-refractivity contribution in [2.24, 2.45) is 0 Å². The number of carbonyl (C=O) groups is 1. The quantitative estimate of drug-likeness (QED) is 0.928. The summed E-state index contributed by atoms with van der Waals surface area (Å²) in [7, 11) is 0. The van der Waals surface area contributed by atoms with Gasteiger partial charge in [0.2, 0.25) is 0 Å². The van der Waals surface area contributed by atoms with Crippen molar-refractivity contribution >= 4 is 11.6 Å². The third-order valence-corrected chi connectivity index (χ3v) is 4.81. The number of amides is 1. The standard InChI is InChI=1S/C19H26N4O2/c1-4-9-23-15(3)18(14(2)20-23)19(25)22-12-10-21(11-13-22)16-5-7-17(24)8-6-16/h5-8,24H,4,9-13H2,1-3H3. The summed E-state index contributed by atoms with van der Waals surface area (Å²) in [5.74, 6) is 0.357. The summed E-state index contributed by atoms with van der Waals surface area (Å²) in [5, 5.41) is 13.9. The van der Waals surface area contributed by atoms with Crippen LogP contribution in [0.15, 0.2) is 24.3 Å². The molecule has 0 radical (unpaired) electrons. The van der Waals surface area contributed by atoms with Crippen LogP contribution in [0, 0.1) is 13.8 Å². The maximum atomic E-state index is 13.0. The van der Waals surface area contributed by atoms with Gasteiger partial charge in [-0.2, -0.15) is 5.10 Å². The molecule has 0 spiro atoms. The summed E-state index contributed by atoms with van der Waals surface area (Å²) in [6.45, 7) is 9.81. The molecule has 0 atom stereocenters. The minimum atomic E-state index is 0.0858. The monoisotopic (exact) mass is 342 g/mol. The number of aromatic hydroxyl groups is 1. The maximum absolute atomic E-state index is 13.0. The fourth-order valence-electron chi connectivity index (χ4n) is 3.43. The topological polar surface area (TPSA) is 61.6 Å². The number of hydrogen-bond acceptors (Lipinski definition) is 4. The zero-order valence-electron chi connectivity index (χ0n) is 15.2. The molecule has 25 heavy (non-hydrogen) atoms. The Labute approximate surface area is 148 Å². The molecule has 0 bridgehead atoms. The Balaban J connectivity index is 1.68. The third-order valence-electron chi connectivity index (χ3n) is 4.81. The molecule has 0 aliphatic carbocycles. The average Bonchev–Trinajstić information content (AvgIpc) is 2.89. The van der Waals surface area contributed by atoms with E-state index in [4.69, 9.17) is 0 Å². The molecule has 134 valence electrons. The van der Waals surface area contributed by atoms with E-state index < -0.39 is 0 Å². The Morgan fingerprint density at radius 2 is 1.76 bits per heavy atom. The molecule has 2 aromatic rings. The van der Waals surface area contributed by atoms with Gasteiger partial charge >= 0.3 is 0 Å². The van der Waals surface area contributed by atoms with Crippen molar-refractivity contribution in [3.05, 3.63) is 41.2 Å². The van der Waals surface area contributed by atoms with Crippen LogP contribution in [0.4, 0.5) is 5.69 Å². The molecule has 1 aliphatic heterocycles. The first kappa shape index (κ1) is 17.3. The number of benzene rings is 1. The van der Waals surface area contributed by atoms with E-state index in [0.29, 0.717) is 13.1 Å². The van der Waals surface area contributed by atoms with Crippen LogP contribution in [0.3, 0.4) is 0 Å². The predicted molar refractivity (Wildman–Crippen MR) is 98.2 cm³/mol. The number of aryl methyl sites for hydroxylation is 2. The summed E-state index contributed by atoms with van der Waals surface area (Å²) in [4.78, 5) is 17.1. The zero-order chi connectivity index (χ0) is 18.0. The molecule has 0 saturated carbocycles. The fourth-order valence-corrected chi connectivity index (χ4v) is 3.43. The number of phenols is 1. The Morgan fingerprint density at radius 1 is 1.12 bits per heavy atom. The highest BCUT2D eigenvalue weighted by Gasteiger charge is 2.26. The van der Waals surface area contributed by atoms with Crippen LogP contribution in [-0.4, -0.2) is 51.9 Å². The fraction of sp³-hybridized carbons (Fsp3) is 0.474. The van der Waals surface area contributed by atoms with E-state index in [0.717, 1.165) is 48.7 Å². The van der Waals surface area contributed by atoms with Crippen molar-refractivity contribution in [1.82, 2.24) is 14.7 Å². The highest BCUT2D eigenvalue weighted by Crippen LogP contribution is 2.22. The molecule has 6 heteroatoms. The van der Waals surface area contributed by atoms with E-state index in [1.54, 1.807) is 12.1 Å². The van der Waals surface area contributed by atoms with Crippen molar-refractivity contribution in [3.63, 3.8) is 0 Å². The smallest absolute Gasteiger partial charge is 0.257 e. The molecule has 6 nitrogen and oxygen atoms in total. The van der Waals surface area contributed by atoms with Gasteiger partial charge in [-0.25, -0.2) is 0 Å². The van der Waals surface area contributed by atoms with E-state index in [1.165, 1.54) is 0 Å². The lowest BCUT2D eigenvalue weighted by Gasteiger charge is -2.36. The van der Waals surface area contributed by atoms with Crippen LogP contribution in [-0.2, 0) is 6.54 Å². The molecule has 3 rings (SSSR count). The number of carbonyl (C=O) groups excluding carboxylic acids is 1. The van der Waals surface area contributed by atoms with Crippen molar-refractivity contribution in [2.75, 3.05) is 31.1 Å². The molecule has 1 N–H and O–H groups in total. The number of nitrogens with zero attached hydrogens (tertiary/aromatic N) is 4. The molecule has 0 unspecified atom stereocenters. The van der Waals surface area contributed by atoms with Crippen LogP contribution in [0.5, 0.6) is 5.75 Å². The largest absolute Gasteiger partial charge is 0.508 e. The van der Waals surface area contributed by atoms with Crippen molar-refractivity contribution in [3.8, 4) is 5.75 Å². The van der Waals surface area contributed by atoms with Gasteiger partial charge in [0.15, 0.2) is 0 Å². The van der Waals surface area contributed by atoms with E-state index in [9.17, 15) is 9.90 Å². The minimum Gasteiger partial charge on any atom is -0.508 e. The first-order chi connectivity index (χ1) is 12.0. The summed E-state index contributed by atoms with van der Waals surface area (Å²) < 4.78 is 1.94. The molecule has 1 amide bonds. The second-order valence-electron chi connectivity index (χ2n) is 6.56. The number of hydrogen-bond donors (Lipinski definition) is 1. The summed E-state index contributed by atoms with van der Waals surface area (Å²) in [5.41, 5.74) is 3.61. The van der Waals surface area contributed by atoms with Gasteiger partial charge in [-0.15, -0.1) is 0 Å². The number of piperazine rings is 1. The second-order valence-corrected chi connectivity index (χ2v) is 6.56. The van der Waals surface area contributed by atoms with Crippen LogP contribution >= 0.6 is 0 Å². The zero-order valence-corrected chi connectivity index (χ0v) is 15.2. The summed E-state index contributed by atoms with van der Waals surface area (Å²) in [6.07, 6.45) is 1.00. The number of rotatable bonds is 4. The average molecular weight is 342 g/mol. The molecule has 1 aromatic carbocycles. The van der Waals surface area contributed by atoms with Gasteiger partial charge in [-0.3, -0.25) is 9.48 Å². The molecule has 1 aliphatic rings. The lowest BCUT2D eigenvalue weighted by Crippen LogP contribution is -2.49. The van der Waals surface area contributed by atoms with E-state index >= 15 is 0 Å². The van der Waals surface area contributed by atoms with Crippen molar-refractivity contribution in [2.45, 2.75) is 33.7 Å². The number of phenolic OH excluding ortho intramolecular Hbond substituents is 1. The Hall–Kier alpha value is -2.50. The van der Waals surface area contributed by atoms with Gasteiger partial charge in [0.25, 0.3) is 5.91 Å². The number of anilines is 1. The van der Waals surface area contributed by atoms with Gasteiger partial charge in [0.05, 0.1) is 11.3 Å². The van der Waals surface area contributed by atoms with Gasteiger partial charge in [0, 0.05) is 44.1 Å². The van der Waals surface area contributed by atoms with Crippen molar-refractivity contribution < 1.29 is 9.90 Å². The Morgan fingerprint density at radius 3 is 2.36 bits per heavy atom. The van der Waals surface area contributed by atoms with Gasteiger partial charge in [0.1, 0.15) is 5.75 Å². The number of aromatic nitrogens is 2. The van der Waals surface area contributed by atoms with Crippen LogP contribution in [0.1, 0.15) is 35.1 Å². The van der Waals surface area contributed by atoms with E-state index in [-0.39, 0.29) is 11.7 Å². The molecule has 2 heterocycles. The Kier molecular flexibility index (Phi) is 4.97. The lowest BCUT2D eigenvalue weighted by atomic mass is 10.1. The summed E-state index contributed by atoms with van der Waals surface area (Å²) >= 11 is 0. The molecule has 1 fully saturated rings. The highest BCUT2D eigenvalue weighted by molar-refractivity contribution is 5.96. The van der Waals surface area contributed by atoms with E-state index in [2.05, 4.69) is 16.9 Å². The Bertz CT molecular complexity index is 744. The highest BCUT2D eigenvalue weighted by atomic mass is 16.3. The van der Waals surface area contributed by atoms with Gasteiger partial charge < -0.3 is 14.9 Å².